The van der Waals surface area contributed by atoms with Crippen LogP contribution in [0.1, 0.15) is 44.0 Å². The van der Waals surface area contributed by atoms with Crippen molar-refractivity contribution in [2.75, 3.05) is 7.11 Å². The van der Waals surface area contributed by atoms with Gasteiger partial charge in [-0.2, -0.15) is 0 Å². The van der Waals surface area contributed by atoms with Crippen LogP contribution in [-0.4, -0.2) is 27.3 Å². The Labute approximate surface area is 182 Å². The smallest absolute Gasteiger partial charge is 0.240 e. The average molecular weight is 417 g/mol. The first kappa shape index (κ1) is 21.0. The maximum Gasteiger partial charge on any atom is 0.240 e. The van der Waals surface area contributed by atoms with Gasteiger partial charge in [0.25, 0.3) is 0 Å². The fourth-order valence-electron chi connectivity index (χ4n) is 3.87. The molecule has 6 heteroatoms. The Morgan fingerprint density at radius 2 is 1.74 bits per heavy atom. The van der Waals surface area contributed by atoms with Gasteiger partial charge in [-0.3, -0.25) is 0 Å². The third-order valence-corrected chi connectivity index (χ3v) is 5.45. The van der Waals surface area contributed by atoms with Crippen molar-refractivity contribution in [2.24, 2.45) is 5.41 Å². The second-order valence-electron chi connectivity index (χ2n) is 8.68. The number of para-hydroxylation sites is 2. The quantitative estimate of drug-likeness (QED) is 0.373. The summed E-state index contributed by atoms with van der Waals surface area (Å²) in [6.07, 6.45) is 3.92. The van der Waals surface area contributed by atoms with Crippen molar-refractivity contribution in [3.8, 4) is 17.1 Å². The molecule has 0 N–H and O–H groups in total. The summed E-state index contributed by atoms with van der Waals surface area (Å²) in [4.78, 5) is 9.45. The van der Waals surface area contributed by atoms with E-state index >= 15 is 0 Å². The maximum atomic E-state index is 5.55. The van der Waals surface area contributed by atoms with E-state index in [-0.39, 0.29) is 5.41 Å². The molecule has 160 valence electrons. The van der Waals surface area contributed by atoms with Gasteiger partial charge in [0.2, 0.25) is 17.7 Å². The van der Waals surface area contributed by atoms with Crippen molar-refractivity contribution in [2.45, 2.75) is 46.5 Å². The van der Waals surface area contributed by atoms with Crippen molar-refractivity contribution in [1.29, 1.82) is 0 Å². The second-order valence-corrected chi connectivity index (χ2v) is 8.68. The Balaban J connectivity index is 1.47. The molecule has 0 aliphatic heterocycles. The highest BCUT2D eigenvalue weighted by molar-refractivity contribution is 5.79. The summed E-state index contributed by atoms with van der Waals surface area (Å²) in [5, 5.41) is 8.07. The molecule has 0 saturated carbocycles. The van der Waals surface area contributed by atoms with E-state index < -0.39 is 0 Å². The highest BCUT2D eigenvalue weighted by atomic mass is 16.5. The average Bonchev–Trinajstić information content (AvgIpc) is 3.16. The third-order valence-electron chi connectivity index (χ3n) is 5.45. The number of methoxy groups -OCH3 is 1. The zero-order valence-corrected chi connectivity index (χ0v) is 18.6. The molecule has 0 amide bonds. The van der Waals surface area contributed by atoms with Gasteiger partial charge in [0.05, 0.1) is 18.1 Å². The van der Waals surface area contributed by atoms with Gasteiger partial charge in [-0.15, -0.1) is 10.2 Å². The Morgan fingerprint density at radius 1 is 0.968 bits per heavy atom. The molecule has 0 fully saturated rings. The number of aromatic nitrogens is 4. The van der Waals surface area contributed by atoms with Crippen LogP contribution in [-0.2, 0) is 12.8 Å². The number of rotatable bonds is 8. The summed E-state index contributed by atoms with van der Waals surface area (Å²) in [5.74, 6) is 1.88. The van der Waals surface area contributed by atoms with Gasteiger partial charge in [-0.1, -0.05) is 44.2 Å². The first-order valence-corrected chi connectivity index (χ1v) is 10.6. The zero-order chi connectivity index (χ0) is 21.8. The summed E-state index contributed by atoms with van der Waals surface area (Å²) in [6, 6.07) is 16.3. The fraction of sp³-hybridized carbons (Fsp3) is 0.360. The lowest BCUT2D eigenvalue weighted by atomic mass is 9.83. The normalized spacial score (nSPS) is 11.7. The summed E-state index contributed by atoms with van der Waals surface area (Å²) < 4.78 is 11.1. The molecule has 0 saturated heterocycles. The Morgan fingerprint density at radius 3 is 2.45 bits per heavy atom. The molecule has 0 aliphatic rings. The molecule has 2 aromatic heterocycles. The summed E-state index contributed by atoms with van der Waals surface area (Å²) in [5.41, 5.74) is 4.87. The third kappa shape index (κ3) is 5.08. The molecular weight excluding hydrogens is 388 g/mol. The summed E-state index contributed by atoms with van der Waals surface area (Å²) >= 11 is 0. The number of hydrogen-bond donors (Lipinski definition) is 0. The monoisotopic (exact) mass is 416 g/mol. The van der Waals surface area contributed by atoms with Crippen LogP contribution in [0.15, 0.2) is 52.9 Å². The van der Waals surface area contributed by atoms with Gasteiger partial charge >= 0.3 is 0 Å². The minimum Gasteiger partial charge on any atom is -0.479 e. The summed E-state index contributed by atoms with van der Waals surface area (Å²) in [7, 11) is 1.64. The molecule has 0 bridgehead atoms. The van der Waals surface area contributed by atoms with Crippen molar-refractivity contribution in [3.05, 3.63) is 65.9 Å². The van der Waals surface area contributed by atoms with Gasteiger partial charge in [-0.25, -0.2) is 9.97 Å². The number of fused-ring (bicyclic) bond motifs is 1. The zero-order valence-electron chi connectivity index (χ0n) is 18.6. The van der Waals surface area contributed by atoms with E-state index in [0.717, 1.165) is 48.0 Å². The molecule has 4 rings (SSSR count). The maximum absolute atomic E-state index is 5.55. The van der Waals surface area contributed by atoms with E-state index in [0.29, 0.717) is 17.7 Å². The van der Waals surface area contributed by atoms with E-state index in [9.17, 15) is 0 Å². The predicted molar refractivity (Wildman–Crippen MR) is 121 cm³/mol. The largest absolute Gasteiger partial charge is 0.479 e. The lowest BCUT2D eigenvalue weighted by Crippen LogP contribution is -2.15. The van der Waals surface area contributed by atoms with Crippen molar-refractivity contribution in [3.63, 3.8) is 0 Å². The van der Waals surface area contributed by atoms with Crippen molar-refractivity contribution >= 4 is 11.0 Å². The van der Waals surface area contributed by atoms with Crippen LogP contribution in [0, 0.1) is 12.3 Å². The SMILES string of the molecule is COc1nc2ccccc2nc1-c1cccc(CCCC(C)(C)Cc2nnc(C)o2)c1. The second kappa shape index (κ2) is 8.84. The van der Waals surface area contributed by atoms with Gasteiger partial charge < -0.3 is 9.15 Å². The minimum atomic E-state index is 0.101. The standard InChI is InChI=1S/C25H28N4O2/c1-17-28-29-22(31-17)16-25(2,3)14-8-10-18-9-7-11-19(15-18)23-24(30-4)27-21-13-6-5-12-20(21)26-23/h5-7,9,11-13,15H,8,10,14,16H2,1-4H3. The number of hydrogen-bond acceptors (Lipinski definition) is 6. The van der Waals surface area contributed by atoms with Crippen LogP contribution < -0.4 is 4.74 Å². The molecule has 0 atom stereocenters. The van der Waals surface area contributed by atoms with E-state index in [1.165, 1.54) is 5.56 Å². The minimum absolute atomic E-state index is 0.101. The Bertz CT molecular complexity index is 1180. The highest BCUT2D eigenvalue weighted by Gasteiger charge is 2.21. The molecule has 2 heterocycles. The molecule has 0 radical (unpaired) electrons. The van der Waals surface area contributed by atoms with Gasteiger partial charge in [-0.05, 0) is 48.4 Å². The van der Waals surface area contributed by atoms with Crippen molar-refractivity contribution < 1.29 is 9.15 Å². The van der Waals surface area contributed by atoms with Gasteiger partial charge in [0.15, 0.2) is 0 Å². The number of aryl methyl sites for hydroxylation is 2. The molecule has 0 spiro atoms. The van der Waals surface area contributed by atoms with Crippen LogP contribution in [0.25, 0.3) is 22.3 Å². The number of nitrogens with zero attached hydrogens (tertiary/aromatic N) is 4. The lowest BCUT2D eigenvalue weighted by Gasteiger charge is -2.22. The topological polar surface area (TPSA) is 73.9 Å². The summed E-state index contributed by atoms with van der Waals surface area (Å²) in [6.45, 7) is 6.32. The van der Waals surface area contributed by atoms with Crippen LogP contribution in [0.2, 0.25) is 0 Å². The molecular formula is C25H28N4O2. The van der Waals surface area contributed by atoms with E-state index in [1.54, 1.807) is 7.11 Å². The first-order valence-electron chi connectivity index (χ1n) is 10.6. The first-order chi connectivity index (χ1) is 14.9. The molecule has 4 aromatic rings. The molecule has 6 nitrogen and oxygen atoms in total. The van der Waals surface area contributed by atoms with E-state index in [4.69, 9.17) is 14.1 Å². The predicted octanol–water partition coefficient (Wildman–Crippen LogP) is 5.59. The van der Waals surface area contributed by atoms with Crippen LogP contribution in [0.5, 0.6) is 5.88 Å². The van der Waals surface area contributed by atoms with E-state index in [2.05, 4.69) is 53.3 Å². The highest BCUT2D eigenvalue weighted by Crippen LogP contribution is 2.31. The van der Waals surface area contributed by atoms with Gasteiger partial charge in [0, 0.05) is 18.9 Å². The molecule has 2 aromatic carbocycles. The Kier molecular flexibility index (Phi) is 5.98. The van der Waals surface area contributed by atoms with Crippen molar-refractivity contribution in [1.82, 2.24) is 20.2 Å². The molecule has 31 heavy (non-hydrogen) atoms. The molecule has 0 unspecified atom stereocenters. The molecule has 0 aliphatic carbocycles. The van der Waals surface area contributed by atoms with Crippen LogP contribution in [0.4, 0.5) is 0 Å². The van der Waals surface area contributed by atoms with E-state index in [1.807, 2.05) is 31.2 Å². The van der Waals surface area contributed by atoms with Crippen LogP contribution >= 0.6 is 0 Å². The Hall–Kier alpha value is -3.28. The number of ether oxygens (including phenoxy) is 1. The fourth-order valence-corrected chi connectivity index (χ4v) is 3.87. The number of benzene rings is 2. The van der Waals surface area contributed by atoms with Crippen LogP contribution in [0.3, 0.4) is 0 Å². The van der Waals surface area contributed by atoms with Gasteiger partial charge in [0.1, 0.15) is 5.69 Å². The lowest BCUT2D eigenvalue weighted by molar-refractivity contribution is 0.289.